The highest BCUT2D eigenvalue weighted by atomic mass is 19.4. The molecule has 6 nitrogen and oxygen atoms in total. The second kappa shape index (κ2) is 8.62. The minimum Gasteiger partial charge on any atom is -0.406 e. The van der Waals surface area contributed by atoms with E-state index in [9.17, 15) is 18.0 Å². The zero-order valence-corrected chi connectivity index (χ0v) is 16.3. The number of ether oxygens (including phenoxy) is 1. The standard InChI is InChI=1S/C19H24F3N3O3/c1-18(2,3)17-23-15(28-24-17)6-5-7-16(26)25(4)12-13-8-10-14(11-9-13)27-19(20,21)22/h8-11H,5-7,12H2,1-4H3. The minimum absolute atomic E-state index is 0.0776. The highest BCUT2D eigenvalue weighted by molar-refractivity contribution is 5.75. The summed E-state index contributed by atoms with van der Waals surface area (Å²) >= 11 is 0. The number of carbonyl (C=O) groups excluding carboxylic acids is 1. The second-order valence-electron chi connectivity index (χ2n) is 7.56. The minimum atomic E-state index is -4.72. The maximum atomic E-state index is 12.2. The molecular formula is C19H24F3N3O3. The van der Waals surface area contributed by atoms with Gasteiger partial charge in [0, 0.05) is 31.8 Å². The lowest BCUT2D eigenvalue weighted by molar-refractivity contribution is -0.274. The number of aryl methyl sites for hydroxylation is 1. The molecule has 0 saturated carbocycles. The Morgan fingerprint density at radius 1 is 1.18 bits per heavy atom. The molecule has 0 radical (unpaired) electrons. The van der Waals surface area contributed by atoms with Crippen LogP contribution < -0.4 is 4.74 Å². The van der Waals surface area contributed by atoms with E-state index in [2.05, 4.69) is 14.9 Å². The summed E-state index contributed by atoms with van der Waals surface area (Å²) in [5.74, 6) is 0.759. The van der Waals surface area contributed by atoms with Gasteiger partial charge in [-0.1, -0.05) is 38.1 Å². The number of amides is 1. The van der Waals surface area contributed by atoms with Crippen LogP contribution in [0.3, 0.4) is 0 Å². The Hall–Kier alpha value is -2.58. The molecule has 154 valence electrons. The molecule has 1 aromatic carbocycles. The first kappa shape index (κ1) is 21.7. The number of hydrogen-bond donors (Lipinski definition) is 0. The van der Waals surface area contributed by atoms with Gasteiger partial charge >= 0.3 is 6.36 Å². The van der Waals surface area contributed by atoms with Crippen LogP contribution in [0.15, 0.2) is 28.8 Å². The van der Waals surface area contributed by atoms with Crippen LogP contribution >= 0.6 is 0 Å². The molecule has 0 spiro atoms. The lowest BCUT2D eigenvalue weighted by Gasteiger charge is -2.17. The van der Waals surface area contributed by atoms with Crippen molar-refractivity contribution in [2.24, 2.45) is 0 Å². The zero-order valence-electron chi connectivity index (χ0n) is 16.3. The number of nitrogens with zero attached hydrogens (tertiary/aromatic N) is 3. The molecule has 0 atom stereocenters. The van der Waals surface area contributed by atoms with Crippen molar-refractivity contribution in [3.8, 4) is 5.75 Å². The number of benzene rings is 1. The summed E-state index contributed by atoms with van der Waals surface area (Å²) in [6.07, 6.45) is -3.35. The topological polar surface area (TPSA) is 68.5 Å². The van der Waals surface area contributed by atoms with Crippen molar-refractivity contribution in [3.63, 3.8) is 0 Å². The summed E-state index contributed by atoms with van der Waals surface area (Å²) in [4.78, 5) is 18.1. The predicted octanol–water partition coefficient (Wildman–Crippen LogP) is 4.25. The Morgan fingerprint density at radius 3 is 2.36 bits per heavy atom. The van der Waals surface area contributed by atoms with E-state index in [4.69, 9.17) is 4.52 Å². The Kier molecular flexibility index (Phi) is 6.69. The van der Waals surface area contributed by atoms with Crippen molar-refractivity contribution in [2.45, 2.75) is 58.4 Å². The summed E-state index contributed by atoms with van der Waals surface area (Å²) in [5, 5.41) is 3.94. The summed E-state index contributed by atoms with van der Waals surface area (Å²) in [6.45, 7) is 6.26. The fraction of sp³-hybridized carbons (Fsp3) is 0.526. The lowest BCUT2D eigenvalue weighted by Crippen LogP contribution is -2.26. The summed E-state index contributed by atoms with van der Waals surface area (Å²) < 4.78 is 45.5. The average Bonchev–Trinajstić information content (AvgIpc) is 3.04. The molecule has 0 N–H and O–H groups in total. The zero-order chi connectivity index (χ0) is 20.9. The predicted molar refractivity (Wildman–Crippen MR) is 95.5 cm³/mol. The van der Waals surface area contributed by atoms with Crippen LogP contribution in [0.1, 0.15) is 50.9 Å². The maximum Gasteiger partial charge on any atom is 0.573 e. The van der Waals surface area contributed by atoms with Crippen molar-refractivity contribution in [1.29, 1.82) is 0 Å². The fourth-order valence-electron chi connectivity index (χ4n) is 2.40. The Bertz CT molecular complexity index is 780. The van der Waals surface area contributed by atoms with Gasteiger partial charge in [0.2, 0.25) is 11.8 Å². The van der Waals surface area contributed by atoms with Gasteiger partial charge in [0.05, 0.1) is 0 Å². The van der Waals surface area contributed by atoms with Gasteiger partial charge < -0.3 is 14.2 Å². The molecule has 0 saturated heterocycles. The van der Waals surface area contributed by atoms with E-state index in [1.54, 1.807) is 7.05 Å². The molecular weight excluding hydrogens is 375 g/mol. The molecule has 0 aliphatic heterocycles. The summed E-state index contributed by atoms with van der Waals surface area (Å²) in [7, 11) is 1.65. The molecule has 1 amide bonds. The van der Waals surface area contributed by atoms with E-state index in [0.717, 1.165) is 0 Å². The number of carbonyl (C=O) groups is 1. The third-order valence-corrected chi connectivity index (χ3v) is 3.92. The van der Waals surface area contributed by atoms with E-state index < -0.39 is 6.36 Å². The van der Waals surface area contributed by atoms with Crippen molar-refractivity contribution in [2.75, 3.05) is 7.05 Å². The first-order valence-corrected chi connectivity index (χ1v) is 8.86. The average molecular weight is 399 g/mol. The Morgan fingerprint density at radius 2 is 1.82 bits per heavy atom. The van der Waals surface area contributed by atoms with E-state index in [1.165, 1.54) is 29.2 Å². The van der Waals surface area contributed by atoms with Gasteiger partial charge in [-0.3, -0.25) is 4.79 Å². The summed E-state index contributed by atoms with van der Waals surface area (Å²) in [6, 6.07) is 5.45. The van der Waals surface area contributed by atoms with Gasteiger partial charge in [-0.2, -0.15) is 4.98 Å². The molecule has 0 aliphatic rings. The largest absolute Gasteiger partial charge is 0.573 e. The second-order valence-corrected chi connectivity index (χ2v) is 7.56. The van der Waals surface area contributed by atoms with Crippen LogP contribution in [0, 0.1) is 0 Å². The van der Waals surface area contributed by atoms with E-state index in [-0.39, 0.29) is 17.1 Å². The van der Waals surface area contributed by atoms with Gasteiger partial charge in [0.1, 0.15) is 5.75 Å². The molecule has 1 aromatic heterocycles. The van der Waals surface area contributed by atoms with Gasteiger partial charge in [-0.15, -0.1) is 13.2 Å². The smallest absolute Gasteiger partial charge is 0.406 e. The van der Waals surface area contributed by atoms with Crippen LogP contribution in [0.25, 0.3) is 0 Å². The van der Waals surface area contributed by atoms with Crippen LogP contribution in [-0.2, 0) is 23.2 Å². The normalized spacial score (nSPS) is 12.1. The number of hydrogen-bond acceptors (Lipinski definition) is 5. The van der Waals surface area contributed by atoms with Crippen LogP contribution in [0.4, 0.5) is 13.2 Å². The highest BCUT2D eigenvalue weighted by Crippen LogP contribution is 2.23. The maximum absolute atomic E-state index is 12.2. The van der Waals surface area contributed by atoms with Crippen LogP contribution in [0.5, 0.6) is 5.75 Å². The number of halogens is 3. The van der Waals surface area contributed by atoms with Gasteiger partial charge in [-0.05, 0) is 24.1 Å². The molecule has 0 fully saturated rings. The first-order valence-electron chi connectivity index (χ1n) is 8.86. The molecule has 2 rings (SSSR count). The number of aromatic nitrogens is 2. The van der Waals surface area contributed by atoms with E-state index in [1.807, 2.05) is 20.8 Å². The first-order chi connectivity index (χ1) is 12.9. The molecule has 1 heterocycles. The van der Waals surface area contributed by atoms with E-state index >= 15 is 0 Å². The molecule has 28 heavy (non-hydrogen) atoms. The quantitative estimate of drug-likeness (QED) is 0.696. The Balaban J connectivity index is 1.79. The monoisotopic (exact) mass is 399 g/mol. The van der Waals surface area contributed by atoms with Gasteiger partial charge in [0.25, 0.3) is 0 Å². The van der Waals surface area contributed by atoms with Gasteiger partial charge in [-0.25, -0.2) is 0 Å². The van der Waals surface area contributed by atoms with Crippen molar-refractivity contribution in [3.05, 3.63) is 41.5 Å². The molecule has 9 heteroatoms. The third-order valence-electron chi connectivity index (χ3n) is 3.92. The highest BCUT2D eigenvalue weighted by Gasteiger charge is 2.31. The SMILES string of the molecule is CN(Cc1ccc(OC(F)(F)F)cc1)C(=O)CCCc1nc(C(C)(C)C)no1. The Labute approximate surface area is 161 Å². The van der Waals surface area contributed by atoms with Crippen LogP contribution in [-0.4, -0.2) is 34.4 Å². The third kappa shape index (κ3) is 6.86. The lowest BCUT2D eigenvalue weighted by atomic mass is 9.96. The molecule has 0 unspecified atom stereocenters. The van der Waals surface area contributed by atoms with Crippen molar-refractivity contribution >= 4 is 5.91 Å². The number of alkyl halides is 3. The fourth-order valence-corrected chi connectivity index (χ4v) is 2.40. The van der Waals surface area contributed by atoms with E-state index in [0.29, 0.717) is 43.1 Å². The van der Waals surface area contributed by atoms with Crippen LogP contribution in [0.2, 0.25) is 0 Å². The van der Waals surface area contributed by atoms with Crippen molar-refractivity contribution in [1.82, 2.24) is 15.0 Å². The van der Waals surface area contributed by atoms with Gasteiger partial charge in [0.15, 0.2) is 5.82 Å². The molecule has 0 bridgehead atoms. The molecule has 0 aliphatic carbocycles. The number of rotatable bonds is 7. The van der Waals surface area contributed by atoms with Crippen molar-refractivity contribution < 1.29 is 27.2 Å². The molecule has 2 aromatic rings. The summed E-state index contributed by atoms with van der Waals surface area (Å²) in [5.41, 5.74) is 0.510.